The second kappa shape index (κ2) is 7.83. The SMILES string of the molecule is Cc1ccc(C=CC(=O)NC2CCCN(C(=O)c3ccccc3)C2)o1. The summed E-state index contributed by atoms with van der Waals surface area (Å²) in [5, 5.41) is 2.97. The molecule has 25 heavy (non-hydrogen) atoms. The summed E-state index contributed by atoms with van der Waals surface area (Å²) >= 11 is 0. The minimum absolute atomic E-state index is 0.0150. The van der Waals surface area contributed by atoms with Gasteiger partial charge < -0.3 is 14.6 Å². The molecule has 1 unspecified atom stereocenters. The van der Waals surface area contributed by atoms with Crippen LogP contribution < -0.4 is 5.32 Å². The number of rotatable bonds is 4. The summed E-state index contributed by atoms with van der Waals surface area (Å²) in [5.41, 5.74) is 0.683. The summed E-state index contributed by atoms with van der Waals surface area (Å²) in [6.07, 6.45) is 4.87. The number of piperidine rings is 1. The first-order valence-electron chi connectivity index (χ1n) is 8.51. The molecule has 0 bridgehead atoms. The van der Waals surface area contributed by atoms with Gasteiger partial charge in [0.15, 0.2) is 0 Å². The van der Waals surface area contributed by atoms with Crippen molar-refractivity contribution in [1.29, 1.82) is 0 Å². The number of benzene rings is 1. The normalized spacial score (nSPS) is 17.6. The van der Waals surface area contributed by atoms with Gasteiger partial charge in [0.1, 0.15) is 11.5 Å². The Morgan fingerprint density at radius 1 is 1.20 bits per heavy atom. The van der Waals surface area contributed by atoms with Crippen molar-refractivity contribution < 1.29 is 14.0 Å². The second-order valence-corrected chi connectivity index (χ2v) is 6.25. The Hall–Kier alpha value is -2.82. The van der Waals surface area contributed by atoms with Gasteiger partial charge in [-0.3, -0.25) is 9.59 Å². The molecule has 0 aliphatic carbocycles. The van der Waals surface area contributed by atoms with Crippen molar-refractivity contribution >= 4 is 17.9 Å². The van der Waals surface area contributed by atoms with Crippen LogP contribution in [0.15, 0.2) is 53.0 Å². The van der Waals surface area contributed by atoms with Crippen molar-refractivity contribution in [2.24, 2.45) is 0 Å². The third-order valence-corrected chi connectivity index (χ3v) is 4.24. The Balaban J connectivity index is 1.55. The predicted octanol–water partition coefficient (Wildman–Crippen LogP) is 3.02. The minimum Gasteiger partial charge on any atom is -0.462 e. The standard InChI is InChI=1S/C20H22N2O3/c1-15-9-10-18(25-15)11-12-19(23)21-17-8-5-13-22(14-17)20(24)16-6-3-2-4-7-16/h2-4,6-7,9-12,17H,5,8,13-14H2,1H3,(H,21,23). The molecule has 1 N–H and O–H groups in total. The number of furan rings is 1. The molecular weight excluding hydrogens is 316 g/mol. The topological polar surface area (TPSA) is 62.6 Å². The van der Waals surface area contributed by atoms with Gasteiger partial charge in [0.05, 0.1) is 0 Å². The fraction of sp³-hybridized carbons (Fsp3) is 0.300. The molecule has 5 heteroatoms. The molecular formula is C20H22N2O3. The zero-order valence-corrected chi connectivity index (χ0v) is 14.3. The highest BCUT2D eigenvalue weighted by atomic mass is 16.3. The quantitative estimate of drug-likeness (QED) is 0.872. The number of carbonyl (C=O) groups excluding carboxylic acids is 2. The number of aryl methyl sites for hydroxylation is 1. The maximum atomic E-state index is 12.5. The van der Waals surface area contributed by atoms with E-state index in [4.69, 9.17) is 4.42 Å². The Labute approximate surface area is 147 Å². The van der Waals surface area contributed by atoms with Crippen LogP contribution in [0.4, 0.5) is 0 Å². The molecule has 130 valence electrons. The number of hydrogen-bond acceptors (Lipinski definition) is 3. The Morgan fingerprint density at radius 3 is 2.72 bits per heavy atom. The fourth-order valence-electron chi connectivity index (χ4n) is 2.99. The molecule has 1 fully saturated rings. The van der Waals surface area contributed by atoms with Crippen LogP contribution in [0.2, 0.25) is 0 Å². The molecule has 1 saturated heterocycles. The van der Waals surface area contributed by atoms with Crippen LogP contribution in [0.1, 0.15) is 34.7 Å². The minimum atomic E-state index is -0.173. The monoisotopic (exact) mass is 338 g/mol. The van der Waals surface area contributed by atoms with E-state index in [0.29, 0.717) is 17.9 Å². The molecule has 1 aliphatic heterocycles. The smallest absolute Gasteiger partial charge is 0.253 e. The van der Waals surface area contributed by atoms with Crippen molar-refractivity contribution in [2.45, 2.75) is 25.8 Å². The number of nitrogens with one attached hydrogen (secondary N) is 1. The molecule has 5 nitrogen and oxygen atoms in total. The lowest BCUT2D eigenvalue weighted by atomic mass is 10.0. The zero-order chi connectivity index (χ0) is 17.6. The lowest BCUT2D eigenvalue weighted by molar-refractivity contribution is -0.117. The van der Waals surface area contributed by atoms with E-state index in [0.717, 1.165) is 25.1 Å². The number of carbonyl (C=O) groups is 2. The molecule has 1 aliphatic rings. The maximum Gasteiger partial charge on any atom is 0.253 e. The van der Waals surface area contributed by atoms with Gasteiger partial charge in [0, 0.05) is 30.8 Å². The third kappa shape index (κ3) is 4.59. The summed E-state index contributed by atoms with van der Waals surface area (Å²) in [6, 6.07) is 12.9. The van der Waals surface area contributed by atoms with Crippen molar-refractivity contribution in [1.82, 2.24) is 10.2 Å². The van der Waals surface area contributed by atoms with Gasteiger partial charge in [-0.2, -0.15) is 0 Å². The third-order valence-electron chi connectivity index (χ3n) is 4.24. The highest BCUT2D eigenvalue weighted by molar-refractivity contribution is 5.94. The summed E-state index contributed by atoms with van der Waals surface area (Å²) in [6.45, 7) is 3.12. The van der Waals surface area contributed by atoms with Gasteiger partial charge in [-0.15, -0.1) is 0 Å². The van der Waals surface area contributed by atoms with Crippen molar-refractivity contribution in [3.63, 3.8) is 0 Å². The van der Waals surface area contributed by atoms with E-state index in [2.05, 4.69) is 5.32 Å². The summed E-state index contributed by atoms with van der Waals surface area (Å²) < 4.78 is 5.40. The van der Waals surface area contributed by atoms with Crippen molar-refractivity contribution in [2.75, 3.05) is 13.1 Å². The molecule has 2 amide bonds. The van der Waals surface area contributed by atoms with Gasteiger partial charge in [-0.1, -0.05) is 18.2 Å². The van der Waals surface area contributed by atoms with Crippen LogP contribution in [-0.2, 0) is 4.79 Å². The van der Waals surface area contributed by atoms with Gasteiger partial charge in [-0.05, 0) is 50.1 Å². The van der Waals surface area contributed by atoms with E-state index >= 15 is 0 Å². The first kappa shape index (κ1) is 17.0. The van der Waals surface area contributed by atoms with Crippen molar-refractivity contribution in [3.8, 4) is 0 Å². The molecule has 1 aromatic carbocycles. The number of likely N-dealkylation sites (tertiary alicyclic amines) is 1. The Kier molecular flexibility index (Phi) is 5.33. The molecule has 0 radical (unpaired) electrons. The van der Waals surface area contributed by atoms with Crippen LogP contribution in [0.3, 0.4) is 0 Å². The molecule has 1 atom stereocenters. The highest BCUT2D eigenvalue weighted by Crippen LogP contribution is 2.14. The van der Waals surface area contributed by atoms with Crippen LogP contribution in [0, 0.1) is 6.92 Å². The first-order chi connectivity index (χ1) is 12.1. The van der Waals surface area contributed by atoms with Gasteiger partial charge in [0.2, 0.25) is 5.91 Å². The molecule has 2 aromatic rings. The summed E-state index contributed by atoms with van der Waals surface area (Å²) in [7, 11) is 0. The number of amides is 2. The van der Waals surface area contributed by atoms with E-state index < -0.39 is 0 Å². The van der Waals surface area contributed by atoms with Gasteiger partial charge >= 0.3 is 0 Å². The molecule has 3 rings (SSSR count). The number of hydrogen-bond donors (Lipinski definition) is 1. The Bertz CT molecular complexity index is 764. The second-order valence-electron chi connectivity index (χ2n) is 6.25. The Morgan fingerprint density at radius 2 is 2.00 bits per heavy atom. The van der Waals surface area contributed by atoms with Crippen molar-refractivity contribution in [3.05, 3.63) is 65.6 Å². The molecule has 0 saturated carbocycles. The lowest BCUT2D eigenvalue weighted by Gasteiger charge is -2.33. The molecule has 0 spiro atoms. The van der Waals surface area contributed by atoms with Gasteiger partial charge in [0.25, 0.3) is 5.91 Å². The lowest BCUT2D eigenvalue weighted by Crippen LogP contribution is -2.49. The van der Waals surface area contributed by atoms with E-state index in [9.17, 15) is 9.59 Å². The largest absolute Gasteiger partial charge is 0.462 e. The van der Waals surface area contributed by atoms with Crippen LogP contribution >= 0.6 is 0 Å². The van der Waals surface area contributed by atoms with Crippen LogP contribution in [-0.4, -0.2) is 35.8 Å². The first-order valence-corrected chi connectivity index (χ1v) is 8.51. The number of nitrogens with zero attached hydrogens (tertiary/aromatic N) is 1. The van der Waals surface area contributed by atoms with E-state index in [-0.39, 0.29) is 17.9 Å². The van der Waals surface area contributed by atoms with Crippen LogP contribution in [0.5, 0.6) is 0 Å². The summed E-state index contributed by atoms with van der Waals surface area (Å²) in [4.78, 5) is 26.4. The average molecular weight is 338 g/mol. The van der Waals surface area contributed by atoms with E-state index in [1.807, 2.05) is 54.3 Å². The highest BCUT2D eigenvalue weighted by Gasteiger charge is 2.24. The van der Waals surface area contributed by atoms with E-state index in [1.54, 1.807) is 6.08 Å². The van der Waals surface area contributed by atoms with E-state index in [1.165, 1.54) is 6.08 Å². The average Bonchev–Trinajstić information content (AvgIpc) is 3.06. The zero-order valence-electron chi connectivity index (χ0n) is 14.3. The van der Waals surface area contributed by atoms with Crippen LogP contribution in [0.25, 0.3) is 6.08 Å². The van der Waals surface area contributed by atoms with Gasteiger partial charge in [-0.25, -0.2) is 0 Å². The predicted molar refractivity (Wildman–Crippen MR) is 96.0 cm³/mol. The molecule has 2 heterocycles. The maximum absolute atomic E-state index is 12.5. The summed E-state index contributed by atoms with van der Waals surface area (Å²) in [5.74, 6) is 1.30. The molecule has 1 aromatic heterocycles. The fourth-order valence-corrected chi connectivity index (χ4v) is 2.99.